The van der Waals surface area contributed by atoms with Gasteiger partial charge in [-0.15, -0.1) is 23.4 Å². The Balaban J connectivity index is 0.000000220. The largest absolute Gasteiger partial charge is 2.00 e. The van der Waals surface area contributed by atoms with Crippen LogP contribution in [0.2, 0.25) is 0 Å². The molecule has 18 nitrogen and oxygen atoms in total. The van der Waals surface area contributed by atoms with Crippen LogP contribution in [-0.4, -0.2) is 134 Å². The molecule has 2 unspecified atom stereocenters. The van der Waals surface area contributed by atoms with Gasteiger partial charge in [-0.1, -0.05) is 219 Å². The number of benzene rings is 10. The average Bonchev–Trinajstić information content (AvgIpc) is 1.65. The van der Waals surface area contributed by atoms with Crippen LogP contribution in [0.5, 0.6) is 17.2 Å². The van der Waals surface area contributed by atoms with E-state index in [4.69, 9.17) is 36.0 Å². The molecule has 3 aliphatic rings. The summed E-state index contributed by atoms with van der Waals surface area (Å²) in [4.78, 5) is 45.6. The van der Waals surface area contributed by atoms with E-state index in [-0.39, 0.29) is 63.2 Å². The average molecular weight is 1900 g/mol. The fourth-order valence-electron chi connectivity index (χ4n) is 15.0. The summed E-state index contributed by atoms with van der Waals surface area (Å²) in [6, 6.07) is 96.5. The van der Waals surface area contributed by atoms with Crippen molar-refractivity contribution in [2.24, 2.45) is 12.5 Å². The van der Waals surface area contributed by atoms with Crippen LogP contribution in [-0.2, 0) is 55.1 Å². The van der Waals surface area contributed by atoms with Gasteiger partial charge in [0.1, 0.15) is 50.7 Å². The molecule has 1 saturated heterocycles. The van der Waals surface area contributed by atoms with E-state index < -0.39 is 28.2 Å². The molecular weight excluding hydrogens is 1780 g/mol. The van der Waals surface area contributed by atoms with Crippen LogP contribution in [0.25, 0.3) is 34.6 Å². The number of aryl methyl sites for hydroxylation is 1. The number of thioether (sulfide) groups is 1. The van der Waals surface area contributed by atoms with Crippen LogP contribution in [0.3, 0.4) is 0 Å². The molecule has 125 heavy (non-hydrogen) atoms. The van der Waals surface area contributed by atoms with Crippen molar-refractivity contribution in [3.05, 3.63) is 359 Å². The van der Waals surface area contributed by atoms with Gasteiger partial charge in [-0.3, -0.25) is 14.4 Å². The number of carbonyl (C=O) groups excluding carboxylic acids is 1. The van der Waals surface area contributed by atoms with Crippen molar-refractivity contribution in [1.29, 1.82) is 10.5 Å². The van der Waals surface area contributed by atoms with Crippen LogP contribution in [0.15, 0.2) is 284 Å². The summed E-state index contributed by atoms with van der Waals surface area (Å²) in [5.41, 5.74) is 15.8. The number of aliphatic carboxylic acids is 2. The summed E-state index contributed by atoms with van der Waals surface area (Å²) in [5.74, 6) is 0.828. The Bertz CT molecular complexity index is 5250. The molecule has 3 heterocycles. The molecule has 2 aliphatic heterocycles. The maximum atomic E-state index is 13.7. The van der Waals surface area contributed by atoms with Gasteiger partial charge in [-0.2, -0.15) is 19.9 Å². The number of hydrogen-bond acceptors (Lipinski definition) is 12. The normalized spacial score (nSPS) is 14.6. The number of allylic oxidation sites excluding steroid dienone is 2. The number of halogens is 1. The molecule has 656 valence electrons. The maximum absolute atomic E-state index is 13.7. The van der Waals surface area contributed by atoms with E-state index in [9.17, 15) is 24.9 Å². The van der Waals surface area contributed by atoms with Gasteiger partial charge in [0.25, 0.3) is 0 Å². The third-order valence-electron chi connectivity index (χ3n) is 22.4. The molecule has 1 aromatic heterocycles. The molecule has 2 atom stereocenters. The second-order valence-electron chi connectivity index (χ2n) is 32.6. The molecule has 14 rings (SSSR count). The molecule has 7 N–H and O–H groups in total. The van der Waals surface area contributed by atoms with Crippen molar-refractivity contribution < 1.29 is 69.5 Å². The smallest absolute Gasteiger partial charge is 0.693 e. The van der Waals surface area contributed by atoms with E-state index >= 15 is 0 Å². The Morgan fingerprint density at radius 1 is 0.552 bits per heavy atom. The predicted octanol–water partition coefficient (Wildman–Crippen LogP) is 21.3. The summed E-state index contributed by atoms with van der Waals surface area (Å²) in [6.45, 7) is 17.9. The quantitative estimate of drug-likeness (QED) is 0.0124. The number of carboxylic acid groups (broad SMARTS) is 2. The number of hydrogen-bond donors (Lipinski definition) is 3. The first kappa shape index (κ1) is 101. The van der Waals surface area contributed by atoms with Crippen molar-refractivity contribution >= 4 is 63.4 Å². The molecule has 11 aromatic rings. The number of quaternary nitrogens is 1. The number of nitrogens with zero attached hydrogens (tertiary/aromatic N) is 7. The van der Waals surface area contributed by atoms with Gasteiger partial charge >= 0.3 is 39.3 Å². The second kappa shape index (κ2) is 50.2. The Morgan fingerprint density at radius 2 is 0.960 bits per heavy atom. The maximum Gasteiger partial charge on any atom is 2.00 e. The zero-order chi connectivity index (χ0) is 87.0. The molecule has 2 fully saturated rings. The summed E-state index contributed by atoms with van der Waals surface area (Å²) in [7, 11) is 10.1. The number of ether oxygens (including phenoxy) is 3. The number of likely N-dealkylation sites (tertiary alicyclic amines) is 1. The standard InChI is InChI=1S/C28H29NO2S.C26H28ClNO.C26H29NO.C18H22N5.C6H8O4.2H2N.Pt/c30-27(21-13-15-23(16-14-21)31-20-19-29-17-7-2-8-18-29)26-24-11-5-6-12-25(24)32-28(26)22-9-3-1-4-10-22;1-28(2)19-20-29-24-15-13-23(14-16-24)26(22-11-7-4-8-12-22)25(17-18-27)21-9-5-3-6-10-21;1-4-25(21-11-7-5-8-12-21)26(22-13-9-6-10-14-22)23-15-17-24(18-16-23)28-20-19-27(2)3;1-17(2,10-19)15-6-14(9-23-13-21-12-22(23)5)7-16(8-15)18(3,4)11-20;7-4(8)6(5(9)10)2-1-3-6;;;/h1,3-6,9-16,26,28H,2,7-8,17-20H2;3-16H,17-20H2,1-2H3;5-18H,4,19-20H2,1-3H3;6-8,12-13H,9H2,1-5H3;1-3H2,(H,7,8)(H,9,10);2*1H2;/q;;;+1;;2*-1;+2/p+1/b;2*26-25-;;;;;. The molecule has 0 amide bonds. The minimum atomic E-state index is -1.44. The number of nitrogens with one attached hydrogen (secondary N) is 1. The molecule has 0 spiro atoms. The SMILES string of the molecule is CC/C(=C(\c1ccccc1)c1ccc(OCCN(C)C)cc1)c1ccccc1.CN(C)CCOc1ccc(/C(=C(/CCCl)c2ccccc2)c2ccccc2)cc1.C[n+]1cncn1Cc1cc(C(C)(C)C#N)cc(C(C)(C)C#N)c1.O=C(O)C1(C(=O)O)CCC1.O=C(c1ccc(OCC[NH+]2CCCCC2)cc1)C1c2ccccc2SC1c1ccccc1.[NH2-].[NH2-].[Pt+2]. The van der Waals surface area contributed by atoms with Gasteiger partial charge in [0.2, 0.25) is 6.33 Å². The number of alkyl halides is 1. The molecule has 0 radical (unpaired) electrons. The zero-order valence-corrected chi connectivity index (χ0v) is 77.5. The number of nitrogens with two attached hydrogens (primary N) is 2. The molecule has 21 heteroatoms. The third kappa shape index (κ3) is 28.5. The van der Waals surface area contributed by atoms with Crippen molar-refractivity contribution in [3.63, 3.8) is 0 Å². The monoisotopic (exact) mass is 1900 g/mol. The van der Waals surface area contributed by atoms with Crippen LogP contribution in [0.1, 0.15) is 169 Å². The van der Waals surface area contributed by atoms with Crippen molar-refractivity contribution in [3.8, 4) is 29.4 Å². The Morgan fingerprint density at radius 3 is 1.36 bits per heavy atom. The van der Waals surface area contributed by atoms with E-state index in [1.807, 2.05) is 125 Å². The molecule has 1 aliphatic carbocycles. The minimum Gasteiger partial charge on any atom is -0.693 e. The van der Waals surface area contributed by atoms with Gasteiger partial charge in [0.15, 0.2) is 11.2 Å². The van der Waals surface area contributed by atoms with Crippen LogP contribution in [0, 0.1) is 28.1 Å². The summed E-state index contributed by atoms with van der Waals surface area (Å²) >= 11 is 8.02. The fourth-order valence-corrected chi connectivity index (χ4v) is 16.6. The number of piperidine rings is 1. The number of Topliss-reactive ketones (excluding diaryl/α,β-unsaturated/α-hetero) is 1. The third-order valence-corrected chi connectivity index (χ3v) is 24.0. The Kier molecular flexibility index (Phi) is 40.6. The molecule has 1 saturated carbocycles. The minimum absolute atomic E-state index is 0. The number of nitriles is 2. The van der Waals surface area contributed by atoms with Gasteiger partial charge in [0.05, 0.1) is 48.5 Å². The van der Waals surface area contributed by atoms with Crippen molar-refractivity contribution in [2.75, 3.05) is 86.6 Å². The zero-order valence-electron chi connectivity index (χ0n) is 73.7. The van der Waals surface area contributed by atoms with E-state index in [1.54, 1.807) is 29.3 Å². The van der Waals surface area contributed by atoms with E-state index in [0.717, 1.165) is 84.1 Å². The van der Waals surface area contributed by atoms with Crippen LogP contribution in [0.4, 0.5) is 0 Å². The topological polar surface area (TPSA) is 267 Å². The van der Waals surface area contributed by atoms with Crippen molar-refractivity contribution in [1.82, 2.24) is 19.5 Å². The number of aromatic nitrogens is 3. The van der Waals surface area contributed by atoms with Gasteiger partial charge < -0.3 is 51.4 Å². The predicted molar refractivity (Wildman–Crippen MR) is 502 cm³/mol. The van der Waals surface area contributed by atoms with E-state index in [2.05, 4.69) is 248 Å². The first-order valence-electron chi connectivity index (χ1n) is 42.2. The Hall–Kier alpha value is -11.1. The van der Waals surface area contributed by atoms with Gasteiger partial charge in [0, 0.05) is 34.7 Å². The first-order valence-corrected chi connectivity index (χ1v) is 43.6. The molecular formula is C104H121ClN10O8PtS+2. The van der Waals surface area contributed by atoms with E-state index in [0.29, 0.717) is 32.1 Å². The molecule has 10 aromatic carbocycles. The number of carboxylic acids is 2. The summed E-state index contributed by atoms with van der Waals surface area (Å²) in [5, 5.41) is 36.0. The second-order valence-corrected chi connectivity index (χ2v) is 34.1. The van der Waals surface area contributed by atoms with Gasteiger partial charge in [-0.25, -0.2) is 0 Å². The number of likely N-dealkylation sites (N-methyl/N-ethyl adjacent to an activating group) is 2. The molecule has 0 bridgehead atoms. The summed E-state index contributed by atoms with van der Waals surface area (Å²) < 4.78 is 21.6. The van der Waals surface area contributed by atoms with Gasteiger partial charge in [-0.05, 0) is 250 Å². The van der Waals surface area contributed by atoms with E-state index in [1.165, 1.54) is 98.5 Å². The number of carbonyl (C=O) groups is 3. The van der Waals surface area contributed by atoms with Crippen molar-refractivity contribution in [2.45, 2.75) is 119 Å². The first-order chi connectivity index (χ1) is 59.0. The summed E-state index contributed by atoms with van der Waals surface area (Å²) in [6.07, 6.45) is 10.6. The van der Waals surface area contributed by atoms with Crippen LogP contribution >= 0.6 is 23.4 Å². The fraction of sp³-hybridized carbons (Fsp3) is 0.317. The number of ketones is 1. The number of fused-ring (bicyclic) bond motifs is 1. The van der Waals surface area contributed by atoms with Crippen LogP contribution < -0.4 is 23.8 Å². The number of rotatable bonds is 30. The Labute approximate surface area is 764 Å².